The molecule has 0 aliphatic rings. The van der Waals surface area contributed by atoms with Crippen molar-refractivity contribution in [1.82, 2.24) is 4.98 Å². The Morgan fingerprint density at radius 2 is 2.12 bits per heavy atom. The second-order valence-electron chi connectivity index (χ2n) is 3.19. The molecule has 1 amide bonds. The fourth-order valence-electron chi connectivity index (χ4n) is 1.39. The van der Waals surface area contributed by atoms with Crippen molar-refractivity contribution in [1.29, 1.82) is 0 Å². The van der Waals surface area contributed by atoms with E-state index in [1.165, 1.54) is 7.11 Å². The van der Waals surface area contributed by atoms with E-state index in [2.05, 4.69) is 33.8 Å². The number of hydrogen-bond donors (Lipinski definition) is 1. The SMILES string of the molecule is CCN(CC)c1ccc(NC(=O)OC)nc1. The maximum Gasteiger partial charge on any atom is 0.412 e. The Kier molecular flexibility index (Phi) is 4.57. The van der Waals surface area contributed by atoms with Crippen LogP contribution in [-0.2, 0) is 4.74 Å². The number of rotatable bonds is 4. The molecule has 0 aromatic carbocycles. The van der Waals surface area contributed by atoms with Crippen LogP contribution in [0.1, 0.15) is 13.8 Å². The summed E-state index contributed by atoms with van der Waals surface area (Å²) in [6, 6.07) is 3.68. The number of ether oxygens (including phenoxy) is 1. The minimum Gasteiger partial charge on any atom is -0.453 e. The second-order valence-corrected chi connectivity index (χ2v) is 3.19. The van der Waals surface area contributed by atoms with Gasteiger partial charge in [0.25, 0.3) is 0 Å². The largest absolute Gasteiger partial charge is 0.453 e. The van der Waals surface area contributed by atoms with E-state index >= 15 is 0 Å². The van der Waals surface area contributed by atoms with Gasteiger partial charge in [0.05, 0.1) is 19.0 Å². The number of carbonyl (C=O) groups is 1. The van der Waals surface area contributed by atoms with E-state index in [4.69, 9.17) is 0 Å². The summed E-state index contributed by atoms with van der Waals surface area (Å²) in [6.07, 6.45) is 1.22. The third kappa shape index (κ3) is 3.12. The molecule has 16 heavy (non-hydrogen) atoms. The highest BCUT2D eigenvalue weighted by Crippen LogP contribution is 2.14. The summed E-state index contributed by atoms with van der Waals surface area (Å²) >= 11 is 0. The van der Waals surface area contributed by atoms with Crippen LogP contribution < -0.4 is 10.2 Å². The molecule has 0 unspecified atom stereocenters. The van der Waals surface area contributed by atoms with Gasteiger partial charge in [-0.3, -0.25) is 5.32 Å². The Bertz CT molecular complexity index is 334. The van der Waals surface area contributed by atoms with E-state index in [0.29, 0.717) is 5.82 Å². The van der Waals surface area contributed by atoms with E-state index in [-0.39, 0.29) is 0 Å². The molecule has 0 fully saturated rings. The normalized spacial score (nSPS) is 9.69. The first-order valence-electron chi connectivity index (χ1n) is 5.27. The van der Waals surface area contributed by atoms with Crippen LogP contribution in [0.2, 0.25) is 0 Å². The molecule has 0 spiro atoms. The van der Waals surface area contributed by atoms with Gasteiger partial charge < -0.3 is 9.64 Å². The van der Waals surface area contributed by atoms with Gasteiger partial charge in [-0.15, -0.1) is 0 Å². The second kappa shape index (κ2) is 5.95. The van der Waals surface area contributed by atoms with Crippen molar-refractivity contribution in [3.8, 4) is 0 Å². The van der Waals surface area contributed by atoms with Crippen molar-refractivity contribution >= 4 is 17.6 Å². The molecule has 88 valence electrons. The van der Waals surface area contributed by atoms with Crippen LogP contribution in [0.5, 0.6) is 0 Å². The van der Waals surface area contributed by atoms with Crippen molar-refractivity contribution in [3.05, 3.63) is 18.3 Å². The van der Waals surface area contributed by atoms with Gasteiger partial charge in [0, 0.05) is 13.1 Å². The fraction of sp³-hybridized carbons (Fsp3) is 0.455. The van der Waals surface area contributed by atoms with Crippen LogP contribution in [0.4, 0.5) is 16.3 Å². The molecule has 1 aromatic rings. The first-order valence-corrected chi connectivity index (χ1v) is 5.27. The number of nitrogens with one attached hydrogen (secondary N) is 1. The average molecular weight is 223 g/mol. The van der Waals surface area contributed by atoms with E-state index in [0.717, 1.165) is 18.8 Å². The molecule has 1 heterocycles. The molecule has 0 bridgehead atoms. The Morgan fingerprint density at radius 1 is 1.44 bits per heavy atom. The molecule has 5 heteroatoms. The summed E-state index contributed by atoms with van der Waals surface area (Å²) in [6.45, 7) is 6.04. The van der Waals surface area contributed by atoms with Gasteiger partial charge in [0.2, 0.25) is 0 Å². The maximum absolute atomic E-state index is 10.9. The van der Waals surface area contributed by atoms with Gasteiger partial charge >= 0.3 is 6.09 Å². The summed E-state index contributed by atoms with van der Waals surface area (Å²) in [7, 11) is 1.32. The van der Waals surface area contributed by atoms with Crippen molar-refractivity contribution in [2.24, 2.45) is 0 Å². The summed E-state index contributed by atoms with van der Waals surface area (Å²) in [5.74, 6) is 0.489. The highest BCUT2D eigenvalue weighted by atomic mass is 16.5. The number of anilines is 2. The van der Waals surface area contributed by atoms with Gasteiger partial charge in [-0.25, -0.2) is 9.78 Å². The lowest BCUT2D eigenvalue weighted by Gasteiger charge is -2.20. The third-order valence-electron chi connectivity index (χ3n) is 2.29. The summed E-state index contributed by atoms with van der Waals surface area (Å²) in [4.78, 5) is 17.2. The van der Waals surface area contributed by atoms with Gasteiger partial charge in [-0.05, 0) is 26.0 Å². The predicted molar refractivity (Wildman–Crippen MR) is 63.8 cm³/mol. The van der Waals surface area contributed by atoms with Crippen LogP contribution >= 0.6 is 0 Å². The highest BCUT2D eigenvalue weighted by Gasteiger charge is 2.04. The quantitative estimate of drug-likeness (QED) is 0.849. The van der Waals surface area contributed by atoms with E-state index in [1.54, 1.807) is 12.3 Å². The Labute approximate surface area is 95.4 Å². The predicted octanol–water partition coefficient (Wildman–Crippen LogP) is 2.11. The molecule has 0 saturated heterocycles. The minimum absolute atomic E-state index is 0.489. The smallest absolute Gasteiger partial charge is 0.412 e. The van der Waals surface area contributed by atoms with Crippen LogP contribution in [0.15, 0.2) is 18.3 Å². The Morgan fingerprint density at radius 3 is 2.56 bits per heavy atom. The summed E-state index contributed by atoms with van der Waals surface area (Å²) < 4.78 is 4.47. The zero-order chi connectivity index (χ0) is 12.0. The van der Waals surface area contributed by atoms with Crippen molar-refractivity contribution in [2.45, 2.75) is 13.8 Å². The zero-order valence-electron chi connectivity index (χ0n) is 9.86. The fourth-order valence-corrected chi connectivity index (χ4v) is 1.39. The molecule has 0 radical (unpaired) electrons. The van der Waals surface area contributed by atoms with Crippen LogP contribution in [0.25, 0.3) is 0 Å². The summed E-state index contributed by atoms with van der Waals surface area (Å²) in [5, 5.41) is 2.50. The molecule has 0 aliphatic carbocycles. The Hall–Kier alpha value is -1.78. The molecule has 0 saturated carbocycles. The number of hydrogen-bond acceptors (Lipinski definition) is 4. The number of pyridine rings is 1. The van der Waals surface area contributed by atoms with Gasteiger partial charge in [0.1, 0.15) is 5.82 Å². The molecule has 0 aliphatic heterocycles. The molecule has 1 N–H and O–H groups in total. The molecule has 5 nitrogen and oxygen atoms in total. The molecule has 0 atom stereocenters. The topological polar surface area (TPSA) is 54.5 Å². The highest BCUT2D eigenvalue weighted by molar-refractivity contribution is 5.83. The van der Waals surface area contributed by atoms with Crippen LogP contribution in [0, 0.1) is 0 Å². The standard InChI is InChI=1S/C11H17N3O2/c1-4-14(5-2)9-6-7-10(12-8-9)13-11(15)16-3/h6-8H,4-5H2,1-3H3,(H,12,13,15). The number of carbonyl (C=O) groups excluding carboxylic acids is 1. The number of methoxy groups -OCH3 is 1. The van der Waals surface area contributed by atoms with Crippen LogP contribution in [0.3, 0.4) is 0 Å². The van der Waals surface area contributed by atoms with Gasteiger partial charge in [-0.2, -0.15) is 0 Å². The lowest BCUT2D eigenvalue weighted by molar-refractivity contribution is 0.187. The van der Waals surface area contributed by atoms with Crippen molar-refractivity contribution in [3.63, 3.8) is 0 Å². The lowest BCUT2D eigenvalue weighted by Crippen LogP contribution is -2.22. The van der Waals surface area contributed by atoms with Gasteiger partial charge in [0.15, 0.2) is 0 Å². The first-order chi connectivity index (χ1) is 7.71. The monoisotopic (exact) mass is 223 g/mol. The minimum atomic E-state index is -0.511. The zero-order valence-corrected chi connectivity index (χ0v) is 9.86. The third-order valence-corrected chi connectivity index (χ3v) is 2.29. The van der Waals surface area contributed by atoms with E-state index < -0.39 is 6.09 Å². The Balaban J connectivity index is 2.70. The van der Waals surface area contributed by atoms with E-state index in [9.17, 15) is 4.79 Å². The van der Waals surface area contributed by atoms with Crippen LogP contribution in [-0.4, -0.2) is 31.3 Å². The van der Waals surface area contributed by atoms with Crippen molar-refractivity contribution in [2.75, 3.05) is 30.4 Å². The lowest BCUT2D eigenvalue weighted by atomic mass is 10.3. The molecule has 1 aromatic heterocycles. The number of aromatic nitrogens is 1. The molecular formula is C11H17N3O2. The first kappa shape index (κ1) is 12.3. The summed E-state index contributed by atoms with van der Waals surface area (Å²) in [5.41, 5.74) is 1.04. The van der Waals surface area contributed by atoms with Gasteiger partial charge in [-0.1, -0.05) is 0 Å². The average Bonchev–Trinajstić information content (AvgIpc) is 2.32. The molecular weight excluding hydrogens is 206 g/mol. The van der Waals surface area contributed by atoms with Crippen molar-refractivity contribution < 1.29 is 9.53 Å². The number of nitrogens with zero attached hydrogens (tertiary/aromatic N) is 2. The number of amides is 1. The molecule has 1 rings (SSSR count). The maximum atomic E-state index is 10.9. The van der Waals surface area contributed by atoms with E-state index in [1.807, 2.05) is 6.07 Å².